The lowest BCUT2D eigenvalue weighted by Crippen LogP contribution is -2.45. The van der Waals surface area contributed by atoms with E-state index in [-0.39, 0.29) is 23.3 Å². The second-order valence-corrected chi connectivity index (χ2v) is 11.1. The number of piperidine rings is 1. The molecule has 32 heavy (non-hydrogen) atoms. The van der Waals surface area contributed by atoms with Gasteiger partial charge in [-0.3, -0.25) is 4.57 Å². The molecule has 2 aromatic rings. The fourth-order valence-electron chi connectivity index (χ4n) is 5.28. The summed E-state index contributed by atoms with van der Waals surface area (Å²) < 4.78 is 37.4. The summed E-state index contributed by atoms with van der Waals surface area (Å²) in [4.78, 5) is 15.5. The lowest BCUT2D eigenvalue weighted by Gasteiger charge is -2.40. The zero-order valence-electron chi connectivity index (χ0n) is 19.2. The maximum Gasteiger partial charge on any atom is 0.420 e. The van der Waals surface area contributed by atoms with Gasteiger partial charge in [0.25, 0.3) is 0 Å². The van der Waals surface area contributed by atoms with Crippen LogP contribution in [0, 0.1) is 6.92 Å². The highest BCUT2D eigenvalue weighted by Gasteiger charge is 2.31. The second-order valence-electron chi connectivity index (χ2n) is 9.16. The van der Waals surface area contributed by atoms with Crippen LogP contribution < -0.4 is 5.76 Å². The van der Waals surface area contributed by atoms with Gasteiger partial charge in [-0.1, -0.05) is 6.92 Å². The topological polar surface area (TPSA) is 81.8 Å². The van der Waals surface area contributed by atoms with Gasteiger partial charge in [0.1, 0.15) is 0 Å². The molecule has 0 radical (unpaired) electrons. The number of likely N-dealkylation sites (tertiary alicyclic amines) is 1. The van der Waals surface area contributed by atoms with E-state index in [0.29, 0.717) is 28.8 Å². The molecule has 1 aliphatic heterocycles. The molecule has 9 heteroatoms. The third kappa shape index (κ3) is 5.24. The van der Waals surface area contributed by atoms with Crippen LogP contribution in [0.5, 0.6) is 0 Å². The SMILES string of the molecule is CCCOC1CCC(N2CCC(n3c(=O)oc4cc(C)c(S(C)(=O)=O)cc43)CC2)CC1.Cl. The monoisotopic (exact) mass is 486 g/mol. The van der Waals surface area contributed by atoms with Crippen LogP contribution in [-0.2, 0) is 14.6 Å². The fraction of sp³-hybridized carbons (Fsp3) is 0.696. The summed E-state index contributed by atoms with van der Waals surface area (Å²) in [5.74, 6) is -0.396. The molecular formula is C23H35ClN2O5S. The van der Waals surface area contributed by atoms with Crippen molar-refractivity contribution in [1.82, 2.24) is 9.47 Å². The Morgan fingerprint density at radius 1 is 1.06 bits per heavy atom. The minimum Gasteiger partial charge on any atom is -0.408 e. The van der Waals surface area contributed by atoms with E-state index in [9.17, 15) is 13.2 Å². The summed E-state index contributed by atoms with van der Waals surface area (Å²) in [5, 5.41) is 0. The highest BCUT2D eigenvalue weighted by molar-refractivity contribution is 7.90. The quantitative estimate of drug-likeness (QED) is 0.611. The molecule has 7 nitrogen and oxygen atoms in total. The third-order valence-electron chi connectivity index (χ3n) is 6.89. The van der Waals surface area contributed by atoms with E-state index in [1.54, 1.807) is 23.6 Å². The molecule has 0 atom stereocenters. The normalized spacial score (nSPS) is 23.3. The Balaban J connectivity index is 0.00000289. The Morgan fingerprint density at radius 3 is 2.31 bits per heavy atom. The predicted molar refractivity (Wildman–Crippen MR) is 128 cm³/mol. The van der Waals surface area contributed by atoms with Crippen molar-refractivity contribution in [2.24, 2.45) is 0 Å². The number of oxazole rings is 1. The lowest BCUT2D eigenvalue weighted by molar-refractivity contribution is 0.00246. The molecule has 0 unspecified atom stereocenters. The molecule has 0 spiro atoms. The molecule has 4 rings (SSSR count). The lowest BCUT2D eigenvalue weighted by atomic mass is 9.90. The number of hydrogen-bond donors (Lipinski definition) is 0. The molecule has 0 amide bonds. The molecule has 2 fully saturated rings. The van der Waals surface area contributed by atoms with E-state index < -0.39 is 15.6 Å². The minimum absolute atomic E-state index is 0. The maximum atomic E-state index is 12.6. The van der Waals surface area contributed by atoms with Crippen LogP contribution in [0.3, 0.4) is 0 Å². The van der Waals surface area contributed by atoms with Crippen molar-refractivity contribution in [2.75, 3.05) is 26.0 Å². The number of halogens is 1. The van der Waals surface area contributed by atoms with Gasteiger partial charge in [-0.15, -0.1) is 12.4 Å². The van der Waals surface area contributed by atoms with Gasteiger partial charge in [0.2, 0.25) is 0 Å². The summed E-state index contributed by atoms with van der Waals surface area (Å²) in [7, 11) is -3.37. The van der Waals surface area contributed by atoms with E-state index in [0.717, 1.165) is 51.8 Å². The Bertz CT molecular complexity index is 1080. The molecule has 1 saturated heterocycles. The third-order valence-corrected chi connectivity index (χ3v) is 8.13. The number of sulfone groups is 1. The van der Waals surface area contributed by atoms with E-state index in [1.165, 1.54) is 19.1 Å². The molecule has 2 aliphatic rings. The van der Waals surface area contributed by atoms with Crippen LogP contribution in [0.25, 0.3) is 11.1 Å². The first-order chi connectivity index (χ1) is 14.8. The molecule has 1 aromatic heterocycles. The average Bonchev–Trinajstić information content (AvgIpc) is 3.06. The van der Waals surface area contributed by atoms with E-state index in [1.807, 2.05) is 0 Å². The summed E-state index contributed by atoms with van der Waals surface area (Å²) in [6.07, 6.45) is 9.01. The second kappa shape index (κ2) is 10.3. The number of fused-ring (bicyclic) bond motifs is 1. The minimum atomic E-state index is -3.37. The van der Waals surface area contributed by atoms with Crippen molar-refractivity contribution in [3.8, 4) is 0 Å². The molecule has 0 N–H and O–H groups in total. The van der Waals surface area contributed by atoms with Crippen molar-refractivity contribution in [3.63, 3.8) is 0 Å². The summed E-state index contributed by atoms with van der Waals surface area (Å²) in [5.41, 5.74) is 1.65. The summed E-state index contributed by atoms with van der Waals surface area (Å²) >= 11 is 0. The van der Waals surface area contributed by atoms with Crippen molar-refractivity contribution in [2.45, 2.75) is 81.9 Å². The van der Waals surface area contributed by atoms with Crippen molar-refractivity contribution >= 4 is 33.3 Å². The molecule has 1 aromatic carbocycles. The van der Waals surface area contributed by atoms with Crippen LogP contribution in [0.1, 0.15) is 63.5 Å². The van der Waals surface area contributed by atoms with Gasteiger partial charge >= 0.3 is 5.76 Å². The molecule has 180 valence electrons. The van der Waals surface area contributed by atoms with Crippen LogP contribution in [0.4, 0.5) is 0 Å². The first kappa shape index (κ1) is 25.3. The van der Waals surface area contributed by atoms with Gasteiger partial charge in [0, 0.05) is 38.0 Å². The predicted octanol–water partition coefficient (Wildman–Crippen LogP) is 4.10. The Hall–Kier alpha value is -1.35. The highest BCUT2D eigenvalue weighted by atomic mass is 35.5. The van der Waals surface area contributed by atoms with Crippen LogP contribution in [0.15, 0.2) is 26.2 Å². The standard InChI is InChI=1S/C23H34N2O5S.ClH/c1-4-13-29-19-7-5-17(6-8-19)24-11-9-18(10-12-24)25-20-15-22(31(3,27)28)16(2)14-21(20)30-23(25)26;/h14-15,17-19H,4-13H2,1-3H3;1H. The van der Waals surface area contributed by atoms with Gasteiger partial charge < -0.3 is 14.1 Å². The largest absolute Gasteiger partial charge is 0.420 e. The molecule has 0 bridgehead atoms. The van der Waals surface area contributed by atoms with Crippen LogP contribution in [-0.4, -0.2) is 56.0 Å². The number of benzene rings is 1. The Kier molecular flexibility index (Phi) is 8.12. The van der Waals surface area contributed by atoms with Crippen molar-refractivity contribution in [3.05, 3.63) is 28.2 Å². The van der Waals surface area contributed by atoms with Gasteiger partial charge in [0.15, 0.2) is 15.4 Å². The average molecular weight is 487 g/mol. The number of nitrogens with zero attached hydrogens (tertiary/aromatic N) is 2. The van der Waals surface area contributed by atoms with Gasteiger partial charge in [-0.05, 0) is 69.6 Å². The van der Waals surface area contributed by atoms with Crippen molar-refractivity contribution in [1.29, 1.82) is 0 Å². The number of aromatic nitrogens is 1. The molecule has 2 heterocycles. The van der Waals surface area contributed by atoms with E-state index in [2.05, 4.69) is 11.8 Å². The fourth-order valence-corrected chi connectivity index (χ4v) is 6.25. The molecular weight excluding hydrogens is 452 g/mol. The summed E-state index contributed by atoms with van der Waals surface area (Å²) in [6, 6.07) is 3.90. The number of ether oxygens (including phenoxy) is 1. The number of aryl methyl sites for hydroxylation is 1. The van der Waals surface area contributed by atoms with Crippen LogP contribution >= 0.6 is 12.4 Å². The van der Waals surface area contributed by atoms with E-state index >= 15 is 0 Å². The van der Waals surface area contributed by atoms with Gasteiger partial charge in [0.05, 0.1) is 16.5 Å². The number of hydrogen-bond acceptors (Lipinski definition) is 6. The van der Waals surface area contributed by atoms with Crippen LogP contribution in [0.2, 0.25) is 0 Å². The molecule has 1 saturated carbocycles. The zero-order chi connectivity index (χ0) is 22.2. The first-order valence-electron chi connectivity index (χ1n) is 11.5. The highest BCUT2D eigenvalue weighted by Crippen LogP contribution is 2.32. The zero-order valence-corrected chi connectivity index (χ0v) is 20.8. The Labute approximate surface area is 196 Å². The molecule has 1 aliphatic carbocycles. The number of rotatable bonds is 6. The van der Waals surface area contributed by atoms with E-state index in [4.69, 9.17) is 9.15 Å². The summed E-state index contributed by atoms with van der Waals surface area (Å²) in [6.45, 7) is 6.62. The van der Waals surface area contributed by atoms with Gasteiger partial charge in [-0.2, -0.15) is 0 Å². The van der Waals surface area contributed by atoms with Crippen molar-refractivity contribution < 1.29 is 17.6 Å². The Morgan fingerprint density at radius 2 is 1.72 bits per heavy atom. The first-order valence-corrected chi connectivity index (χ1v) is 13.4. The van der Waals surface area contributed by atoms with Gasteiger partial charge in [-0.25, -0.2) is 13.2 Å². The smallest absolute Gasteiger partial charge is 0.408 e. The maximum absolute atomic E-state index is 12.6.